The van der Waals surface area contributed by atoms with E-state index in [4.69, 9.17) is 0 Å². The van der Waals surface area contributed by atoms with E-state index in [2.05, 4.69) is 10.1 Å². The number of thioether (sulfide) groups is 1. The van der Waals surface area contributed by atoms with Gasteiger partial charge in [0.25, 0.3) is 11.6 Å². The molecule has 0 bridgehead atoms. The van der Waals surface area contributed by atoms with Crippen molar-refractivity contribution >= 4 is 35.0 Å². The van der Waals surface area contributed by atoms with Crippen molar-refractivity contribution in [3.63, 3.8) is 0 Å². The molecule has 2 amide bonds. The minimum atomic E-state index is -4.62. The molecule has 0 saturated carbocycles. The van der Waals surface area contributed by atoms with Gasteiger partial charge in [-0.3, -0.25) is 19.7 Å². The Labute approximate surface area is 179 Å². The maximum atomic E-state index is 12.7. The van der Waals surface area contributed by atoms with Crippen molar-refractivity contribution in [2.24, 2.45) is 0 Å². The molecule has 12 heteroatoms. The summed E-state index contributed by atoms with van der Waals surface area (Å²) < 4.78 is 41.6. The number of benzene rings is 2. The van der Waals surface area contributed by atoms with Crippen LogP contribution in [0.5, 0.6) is 5.75 Å². The molecule has 0 aliphatic heterocycles. The quantitative estimate of drug-likeness (QED) is 0.366. The zero-order valence-corrected chi connectivity index (χ0v) is 17.2. The lowest BCUT2D eigenvalue weighted by Gasteiger charge is -2.18. The first-order chi connectivity index (χ1) is 14.5. The van der Waals surface area contributed by atoms with Gasteiger partial charge in [-0.05, 0) is 30.5 Å². The molecule has 0 saturated heterocycles. The van der Waals surface area contributed by atoms with Gasteiger partial charge in [-0.25, -0.2) is 0 Å². The number of hydrogen-bond donors (Lipinski definition) is 1. The van der Waals surface area contributed by atoms with Crippen LogP contribution in [0.3, 0.4) is 0 Å². The molecule has 8 nitrogen and oxygen atoms in total. The van der Waals surface area contributed by atoms with Gasteiger partial charge in [0, 0.05) is 18.0 Å². The van der Waals surface area contributed by atoms with Crippen molar-refractivity contribution in [2.75, 3.05) is 31.8 Å². The number of likely N-dealkylation sites (N-methyl/N-ethyl adjacent to an activating group) is 1. The highest BCUT2D eigenvalue weighted by Crippen LogP contribution is 2.27. The molecule has 2 aromatic carbocycles. The summed E-state index contributed by atoms with van der Waals surface area (Å²) in [6.07, 6.45) is -2.79. The molecule has 2 rings (SSSR count). The maximum Gasteiger partial charge on any atom is 0.422 e. The van der Waals surface area contributed by atoms with Crippen LogP contribution in [-0.2, 0) is 4.79 Å². The Balaban J connectivity index is 2.17. The Hall–Kier alpha value is -3.28. The molecule has 0 spiro atoms. The summed E-state index contributed by atoms with van der Waals surface area (Å²) in [6.45, 7) is -2.06. The number of rotatable bonds is 8. The highest BCUT2D eigenvalue weighted by molar-refractivity contribution is 7.98. The predicted octanol–water partition coefficient (Wildman–Crippen LogP) is 3.97. The van der Waals surface area contributed by atoms with E-state index >= 15 is 0 Å². The van der Waals surface area contributed by atoms with Crippen molar-refractivity contribution in [3.05, 3.63) is 58.1 Å². The third-order valence-electron chi connectivity index (χ3n) is 3.91. The number of halogens is 3. The Kier molecular flexibility index (Phi) is 7.86. The van der Waals surface area contributed by atoms with Crippen LogP contribution in [0, 0.1) is 10.1 Å². The monoisotopic (exact) mass is 457 g/mol. The van der Waals surface area contributed by atoms with E-state index in [0.717, 1.165) is 28.0 Å². The van der Waals surface area contributed by atoms with Crippen LogP contribution in [-0.4, -0.2) is 54.3 Å². The van der Waals surface area contributed by atoms with E-state index in [1.165, 1.54) is 18.8 Å². The topological polar surface area (TPSA) is 102 Å². The molecule has 0 unspecified atom stereocenters. The number of anilines is 1. The Morgan fingerprint density at radius 2 is 1.90 bits per heavy atom. The van der Waals surface area contributed by atoms with Gasteiger partial charge in [0.15, 0.2) is 6.61 Å². The molecule has 0 heterocycles. The van der Waals surface area contributed by atoms with Crippen LogP contribution >= 0.6 is 11.8 Å². The summed E-state index contributed by atoms with van der Waals surface area (Å²) in [4.78, 5) is 37.1. The minimum absolute atomic E-state index is 0.363. The summed E-state index contributed by atoms with van der Waals surface area (Å²) >= 11 is 1.41. The molecule has 2 aromatic rings. The van der Waals surface area contributed by atoms with Crippen LogP contribution < -0.4 is 10.1 Å². The standard InChI is InChI=1S/C19H18F3N3O5S/c1-24(10-17(26)23-14-5-3-4-6-16(14)31-2)18(27)13-9-12(30-11-19(20,21)22)7-8-15(13)25(28)29/h3-9H,10-11H2,1-2H3,(H,23,26). The predicted molar refractivity (Wildman–Crippen MR) is 108 cm³/mol. The van der Waals surface area contributed by atoms with Gasteiger partial charge in [0.2, 0.25) is 5.91 Å². The number of carbonyl (C=O) groups excluding carboxylic acids is 2. The second-order valence-corrected chi connectivity index (χ2v) is 7.10. The molecule has 0 aliphatic rings. The number of nitrogens with zero attached hydrogens (tertiary/aromatic N) is 2. The number of hydrogen-bond acceptors (Lipinski definition) is 6. The minimum Gasteiger partial charge on any atom is -0.484 e. The van der Waals surface area contributed by atoms with Crippen LogP contribution in [0.2, 0.25) is 0 Å². The van der Waals surface area contributed by atoms with Gasteiger partial charge in [-0.15, -0.1) is 11.8 Å². The van der Waals surface area contributed by atoms with E-state index in [-0.39, 0.29) is 5.75 Å². The van der Waals surface area contributed by atoms with Gasteiger partial charge in [-0.2, -0.15) is 13.2 Å². The number of amides is 2. The molecule has 0 radical (unpaired) electrons. The van der Waals surface area contributed by atoms with Crippen molar-refractivity contribution in [2.45, 2.75) is 11.1 Å². The number of ether oxygens (including phenoxy) is 1. The molecule has 0 aliphatic carbocycles. The molecule has 1 N–H and O–H groups in total. The number of para-hydroxylation sites is 1. The average Bonchev–Trinajstić information content (AvgIpc) is 2.71. The third kappa shape index (κ3) is 6.88. The molecular weight excluding hydrogens is 439 g/mol. The lowest BCUT2D eigenvalue weighted by molar-refractivity contribution is -0.385. The van der Waals surface area contributed by atoms with Crippen LogP contribution in [0.1, 0.15) is 10.4 Å². The summed E-state index contributed by atoms with van der Waals surface area (Å²) in [5.74, 6) is -1.83. The maximum absolute atomic E-state index is 12.7. The van der Waals surface area contributed by atoms with E-state index < -0.39 is 47.3 Å². The lowest BCUT2D eigenvalue weighted by atomic mass is 10.1. The molecule has 0 fully saturated rings. The molecule has 0 aromatic heterocycles. The van der Waals surface area contributed by atoms with E-state index in [1.54, 1.807) is 24.3 Å². The van der Waals surface area contributed by atoms with Crippen molar-refractivity contribution < 1.29 is 32.4 Å². The Bertz CT molecular complexity index is 985. The summed E-state index contributed by atoms with van der Waals surface area (Å²) in [7, 11) is 1.25. The number of nitro benzene ring substituents is 1. The van der Waals surface area contributed by atoms with Crippen molar-refractivity contribution in [1.29, 1.82) is 0 Å². The highest BCUT2D eigenvalue weighted by Gasteiger charge is 2.30. The number of nitro groups is 1. The normalized spacial score (nSPS) is 11.0. The van der Waals surface area contributed by atoms with Gasteiger partial charge in [0.05, 0.1) is 17.2 Å². The van der Waals surface area contributed by atoms with Crippen molar-refractivity contribution in [3.8, 4) is 5.75 Å². The third-order valence-corrected chi connectivity index (χ3v) is 4.70. The first-order valence-corrected chi connectivity index (χ1v) is 9.90. The SMILES string of the molecule is CSc1ccccc1NC(=O)CN(C)C(=O)c1cc(OCC(F)(F)F)ccc1[N+](=O)[O-]. The van der Waals surface area contributed by atoms with Crippen LogP contribution in [0.15, 0.2) is 47.4 Å². The fraction of sp³-hybridized carbons (Fsp3) is 0.263. The van der Waals surface area contributed by atoms with Crippen LogP contribution in [0.4, 0.5) is 24.5 Å². The largest absolute Gasteiger partial charge is 0.484 e. The fourth-order valence-corrected chi connectivity index (χ4v) is 3.08. The summed E-state index contributed by atoms with van der Waals surface area (Å²) in [5, 5.41) is 13.9. The zero-order chi connectivity index (χ0) is 23.2. The first kappa shape index (κ1) is 24.0. The van der Waals surface area contributed by atoms with E-state index in [9.17, 15) is 32.9 Å². The first-order valence-electron chi connectivity index (χ1n) is 8.68. The van der Waals surface area contributed by atoms with Gasteiger partial charge in [-0.1, -0.05) is 12.1 Å². The second kappa shape index (κ2) is 10.2. The second-order valence-electron chi connectivity index (χ2n) is 6.25. The molecular formula is C19H18F3N3O5S. The smallest absolute Gasteiger partial charge is 0.422 e. The van der Waals surface area contributed by atoms with E-state index in [1.807, 2.05) is 6.26 Å². The van der Waals surface area contributed by atoms with Gasteiger partial charge >= 0.3 is 6.18 Å². The molecule has 166 valence electrons. The summed E-state index contributed by atoms with van der Waals surface area (Å²) in [5.41, 5.74) is -0.580. The van der Waals surface area contributed by atoms with Gasteiger partial charge < -0.3 is 15.0 Å². The zero-order valence-electron chi connectivity index (χ0n) is 16.4. The van der Waals surface area contributed by atoms with Crippen LogP contribution in [0.25, 0.3) is 0 Å². The fourth-order valence-electron chi connectivity index (χ4n) is 2.53. The number of alkyl halides is 3. The highest BCUT2D eigenvalue weighted by atomic mass is 32.2. The number of carbonyl (C=O) groups is 2. The Morgan fingerprint density at radius 1 is 1.23 bits per heavy atom. The number of nitrogens with one attached hydrogen (secondary N) is 1. The van der Waals surface area contributed by atoms with E-state index in [0.29, 0.717) is 5.69 Å². The Morgan fingerprint density at radius 3 is 2.52 bits per heavy atom. The summed E-state index contributed by atoms with van der Waals surface area (Å²) in [6, 6.07) is 9.69. The van der Waals surface area contributed by atoms with Gasteiger partial charge in [0.1, 0.15) is 11.3 Å². The van der Waals surface area contributed by atoms with Crippen molar-refractivity contribution in [1.82, 2.24) is 4.90 Å². The lowest BCUT2D eigenvalue weighted by Crippen LogP contribution is -2.35. The average molecular weight is 457 g/mol. The molecule has 0 atom stereocenters. The molecule has 31 heavy (non-hydrogen) atoms.